The van der Waals surface area contributed by atoms with Crippen LogP contribution in [-0.4, -0.2) is 51.8 Å². The van der Waals surface area contributed by atoms with Gasteiger partial charge in [0.2, 0.25) is 0 Å². The molecule has 2 heterocycles. The van der Waals surface area contributed by atoms with Crippen molar-refractivity contribution >= 4 is 45.0 Å². The Hall–Kier alpha value is -2.03. The lowest BCUT2D eigenvalue weighted by atomic mass is 10.3. The van der Waals surface area contributed by atoms with Gasteiger partial charge in [-0.2, -0.15) is 5.10 Å². The van der Waals surface area contributed by atoms with Crippen LogP contribution >= 0.6 is 23.7 Å². The molecule has 0 radical (unpaired) electrons. The molecular weight excluding hydrogens is 413 g/mol. The SMILES string of the molecule is CCN(CC)CCN(C(=O)c1ccnn1C(C)C)c1nc2c(F)cccc2s1.Cl. The van der Waals surface area contributed by atoms with Crippen molar-refractivity contribution in [2.75, 3.05) is 31.1 Å². The second kappa shape index (κ2) is 10.1. The van der Waals surface area contributed by atoms with E-state index in [0.29, 0.717) is 29.4 Å². The Bertz CT molecular complexity index is 953. The van der Waals surface area contributed by atoms with Gasteiger partial charge in [-0.15, -0.1) is 12.4 Å². The van der Waals surface area contributed by atoms with Gasteiger partial charge >= 0.3 is 0 Å². The number of para-hydroxylation sites is 1. The zero-order valence-corrected chi connectivity index (χ0v) is 18.8. The standard InChI is InChI=1S/C20H26FN5OS.ClH/c1-5-24(6-2)12-13-25(19(27)16-10-11-22-26(16)14(3)4)20-23-18-15(21)8-7-9-17(18)28-20;/h7-11,14H,5-6,12-13H2,1-4H3;1H. The molecule has 1 aromatic carbocycles. The third kappa shape index (κ3) is 4.94. The number of halogens is 2. The highest BCUT2D eigenvalue weighted by molar-refractivity contribution is 7.22. The number of hydrogen-bond donors (Lipinski definition) is 0. The van der Waals surface area contributed by atoms with Gasteiger partial charge in [-0.05, 0) is 45.1 Å². The van der Waals surface area contributed by atoms with Gasteiger partial charge in [-0.3, -0.25) is 14.4 Å². The molecule has 3 rings (SSSR count). The second-order valence-electron chi connectivity index (χ2n) is 6.82. The van der Waals surface area contributed by atoms with Crippen LogP contribution in [0.25, 0.3) is 10.2 Å². The van der Waals surface area contributed by atoms with Crippen molar-refractivity contribution in [2.45, 2.75) is 33.7 Å². The maximum absolute atomic E-state index is 14.1. The Balaban J connectivity index is 0.00000300. The maximum atomic E-state index is 14.1. The number of carbonyl (C=O) groups is 1. The number of nitrogens with zero attached hydrogens (tertiary/aromatic N) is 5. The number of hydrogen-bond acceptors (Lipinski definition) is 5. The molecule has 0 fully saturated rings. The van der Waals surface area contributed by atoms with Crippen molar-refractivity contribution in [1.29, 1.82) is 0 Å². The number of aromatic nitrogens is 3. The molecule has 0 saturated carbocycles. The van der Waals surface area contributed by atoms with E-state index in [1.807, 2.05) is 19.9 Å². The molecule has 0 aliphatic carbocycles. The van der Waals surface area contributed by atoms with Crippen LogP contribution in [-0.2, 0) is 0 Å². The number of anilines is 1. The van der Waals surface area contributed by atoms with E-state index in [2.05, 4.69) is 28.8 Å². The van der Waals surface area contributed by atoms with E-state index in [-0.39, 0.29) is 30.2 Å². The summed E-state index contributed by atoms with van der Waals surface area (Å²) in [5.41, 5.74) is 0.815. The Morgan fingerprint density at radius 3 is 2.55 bits per heavy atom. The van der Waals surface area contributed by atoms with Crippen molar-refractivity contribution in [1.82, 2.24) is 19.7 Å². The molecule has 0 aliphatic heterocycles. The third-order valence-corrected chi connectivity index (χ3v) is 5.79. The summed E-state index contributed by atoms with van der Waals surface area (Å²) < 4.78 is 16.6. The molecule has 0 aliphatic rings. The number of rotatable bonds is 8. The smallest absolute Gasteiger partial charge is 0.278 e. The summed E-state index contributed by atoms with van der Waals surface area (Å²) in [6.45, 7) is 11.1. The minimum atomic E-state index is -0.372. The molecule has 0 atom stereocenters. The first kappa shape index (κ1) is 23.3. The molecule has 6 nitrogen and oxygen atoms in total. The van der Waals surface area contributed by atoms with Crippen LogP contribution in [0.4, 0.5) is 9.52 Å². The van der Waals surface area contributed by atoms with Crippen LogP contribution < -0.4 is 4.90 Å². The average molecular weight is 440 g/mol. The van der Waals surface area contributed by atoms with E-state index in [1.165, 1.54) is 17.4 Å². The predicted octanol–water partition coefficient (Wildman–Crippen LogP) is 4.62. The van der Waals surface area contributed by atoms with Gasteiger partial charge < -0.3 is 4.90 Å². The summed E-state index contributed by atoms with van der Waals surface area (Å²) in [4.78, 5) is 21.7. The normalized spacial score (nSPS) is 11.3. The highest BCUT2D eigenvalue weighted by Gasteiger charge is 2.25. The van der Waals surface area contributed by atoms with Crippen molar-refractivity contribution in [2.24, 2.45) is 0 Å². The first-order valence-electron chi connectivity index (χ1n) is 9.59. The topological polar surface area (TPSA) is 54.3 Å². The number of benzene rings is 1. The minimum Gasteiger partial charge on any atom is -0.302 e. The van der Waals surface area contributed by atoms with Crippen molar-refractivity contribution in [3.8, 4) is 0 Å². The van der Waals surface area contributed by atoms with Crippen LogP contribution in [0.2, 0.25) is 0 Å². The zero-order chi connectivity index (χ0) is 20.3. The lowest BCUT2D eigenvalue weighted by Gasteiger charge is -2.25. The van der Waals surface area contributed by atoms with Gasteiger partial charge in [0, 0.05) is 25.3 Å². The first-order chi connectivity index (χ1) is 13.5. The van der Waals surface area contributed by atoms with Gasteiger partial charge in [-0.1, -0.05) is 31.3 Å². The summed E-state index contributed by atoms with van der Waals surface area (Å²) in [7, 11) is 0. The molecule has 0 bridgehead atoms. The number of amides is 1. The van der Waals surface area contributed by atoms with E-state index in [4.69, 9.17) is 0 Å². The molecule has 2 aromatic heterocycles. The summed E-state index contributed by atoms with van der Waals surface area (Å²) in [5.74, 6) is -0.541. The Labute approximate surface area is 180 Å². The van der Waals surface area contributed by atoms with Crippen LogP contribution in [0.15, 0.2) is 30.5 Å². The minimum absolute atomic E-state index is 0. The van der Waals surface area contributed by atoms with Gasteiger partial charge in [0.15, 0.2) is 5.13 Å². The van der Waals surface area contributed by atoms with E-state index in [1.54, 1.807) is 27.9 Å². The molecule has 3 aromatic rings. The molecule has 29 heavy (non-hydrogen) atoms. The van der Waals surface area contributed by atoms with E-state index >= 15 is 0 Å². The molecule has 0 spiro atoms. The molecule has 1 amide bonds. The lowest BCUT2D eigenvalue weighted by molar-refractivity contribution is 0.0971. The Morgan fingerprint density at radius 2 is 1.93 bits per heavy atom. The molecule has 0 saturated heterocycles. The second-order valence-corrected chi connectivity index (χ2v) is 7.83. The Morgan fingerprint density at radius 1 is 1.21 bits per heavy atom. The molecule has 0 unspecified atom stereocenters. The van der Waals surface area contributed by atoms with E-state index in [0.717, 1.165) is 17.8 Å². The summed E-state index contributed by atoms with van der Waals surface area (Å²) in [6, 6.07) is 6.66. The average Bonchev–Trinajstić information content (AvgIpc) is 3.32. The van der Waals surface area contributed by atoms with Crippen LogP contribution in [0.1, 0.15) is 44.2 Å². The highest BCUT2D eigenvalue weighted by Crippen LogP contribution is 2.31. The first-order valence-corrected chi connectivity index (χ1v) is 10.4. The van der Waals surface area contributed by atoms with Gasteiger partial charge in [0.25, 0.3) is 5.91 Å². The van der Waals surface area contributed by atoms with Crippen LogP contribution in [0.3, 0.4) is 0 Å². The van der Waals surface area contributed by atoms with Gasteiger partial charge in [-0.25, -0.2) is 9.37 Å². The highest BCUT2D eigenvalue weighted by atomic mass is 35.5. The lowest BCUT2D eigenvalue weighted by Crippen LogP contribution is -2.39. The number of fused-ring (bicyclic) bond motifs is 1. The zero-order valence-electron chi connectivity index (χ0n) is 17.1. The van der Waals surface area contributed by atoms with Gasteiger partial charge in [0.05, 0.1) is 4.70 Å². The molecule has 0 N–H and O–H groups in total. The molecular formula is C20H27ClFN5OS. The van der Waals surface area contributed by atoms with Crippen LogP contribution in [0, 0.1) is 5.82 Å². The fourth-order valence-corrected chi connectivity index (χ4v) is 4.12. The summed E-state index contributed by atoms with van der Waals surface area (Å²) >= 11 is 1.33. The number of likely N-dealkylation sites (N-methyl/N-ethyl adjacent to an activating group) is 1. The predicted molar refractivity (Wildman–Crippen MR) is 119 cm³/mol. The van der Waals surface area contributed by atoms with Crippen LogP contribution in [0.5, 0.6) is 0 Å². The largest absolute Gasteiger partial charge is 0.302 e. The molecule has 9 heteroatoms. The van der Waals surface area contributed by atoms with E-state index < -0.39 is 0 Å². The maximum Gasteiger partial charge on any atom is 0.278 e. The van der Waals surface area contributed by atoms with Crippen molar-refractivity contribution in [3.63, 3.8) is 0 Å². The summed E-state index contributed by atoms with van der Waals surface area (Å²) in [5, 5.41) is 4.79. The fraction of sp³-hybridized carbons (Fsp3) is 0.450. The van der Waals surface area contributed by atoms with Gasteiger partial charge in [0.1, 0.15) is 17.0 Å². The molecule has 158 valence electrons. The number of thiazole rings is 1. The fourth-order valence-electron chi connectivity index (χ4n) is 3.12. The number of carbonyl (C=O) groups excluding carboxylic acids is 1. The Kier molecular flexibility index (Phi) is 8.13. The third-order valence-electron chi connectivity index (χ3n) is 4.75. The van der Waals surface area contributed by atoms with Crippen molar-refractivity contribution in [3.05, 3.63) is 42.0 Å². The quantitative estimate of drug-likeness (QED) is 0.513. The summed E-state index contributed by atoms with van der Waals surface area (Å²) in [6.07, 6.45) is 1.63. The monoisotopic (exact) mass is 439 g/mol. The van der Waals surface area contributed by atoms with E-state index in [9.17, 15) is 9.18 Å². The van der Waals surface area contributed by atoms with Crippen molar-refractivity contribution < 1.29 is 9.18 Å².